The Morgan fingerprint density at radius 2 is 1.90 bits per heavy atom. The fourth-order valence-electron chi connectivity index (χ4n) is 2.84. The van der Waals surface area contributed by atoms with E-state index in [1.807, 2.05) is 0 Å². The Labute approximate surface area is 129 Å². The lowest BCUT2D eigenvalue weighted by molar-refractivity contribution is 0.333. The molecule has 0 heterocycles. The van der Waals surface area contributed by atoms with E-state index < -0.39 is 38.0 Å². The van der Waals surface area contributed by atoms with Gasteiger partial charge in [-0.05, 0) is 25.0 Å². The van der Waals surface area contributed by atoms with E-state index in [1.165, 1.54) is 4.31 Å². The Morgan fingerprint density at radius 1 is 1.29 bits per heavy atom. The summed E-state index contributed by atoms with van der Waals surface area (Å²) in [6.45, 7) is 1.99. The third-order valence-electron chi connectivity index (χ3n) is 3.91. The van der Waals surface area contributed by atoms with Crippen molar-refractivity contribution in [3.8, 4) is 0 Å². The Kier molecular flexibility index (Phi) is 5.22. The average Bonchev–Trinajstić information content (AvgIpc) is 2.93. The molecule has 1 aromatic rings. The van der Waals surface area contributed by atoms with Crippen LogP contribution < -0.4 is 0 Å². The van der Waals surface area contributed by atoms with Gasteiger partial charge in [0.25, 0.3) is 0 Å². The molecule has 118 valence electrons. The van der Waals surface area contributed by atoms with Crippen LogP contribution in [0.5, 0.6) is 0 Å². The van der Waals surface area contributed by atoms with E-state index in [-0.39, 0.29) is 12.6 Å². The Balaban J connectivity index is 2.47. The van der Waals surface area contributed by atoms with Crippen LogP contribution in [0.25, 0.3) is 0 Å². The standard InChI is InChI=1S/C14H18ClF2NO2S/c1-2-18(10-5-3-4-6-10)21(19,20)13-8-7-12(16)11(9-15)14(13)17/h7-8,10H,2-6,9H2,1H3. The van der Waals surface area contributed by atoms with Crippen LogP contribution in [0.15, 0.2) is 17.0 Å². The molecule has 21 heavy (non-hydrogen) atoms. The van der Waals surface area contributed by atoms with E-state index in [0.717, 1.165) is 37.8 Å². The molecular formula is C14H18ClF2NO2S. The lowest BCUT2D eigenvalue weighted by atomic mass is 10.2. The molecule has 0 N–H and O–H groups in total. The predicted octanol–water partition coefficient (Wildman–Crippen LogP) is 3.66. The summed E-state index contributed by atoms with van der Waals surface area (Å²) in [5.74, 6) is -2.32. The maximum Gasteiger partial charge on any atom is 0.246 e. The fourth-order valence-corrected chi connectivity index (χ4v) is 4.87. The molecule has 0 radical (unpaired) electrons. The number of hydrogen-bond acceptors (Lipinski definition) is 2. The van der Waals surface area contributed by atoms with Gasteiger partial charge in [-0.3, -0.25) is 0 Å². The van der Waals surface area contributed by atoms with Crippen molar-refractivity contribution in [2.24, 2.45) is 0 Å². The SMILES string of the molecule is CCN(C1CCCC1)S(=O)(=O)c1ccc(F)c(CCl)c1F. The van der Waals surface area contributed by atoms with Crippen LogP contribution in [0.2, 0.25) is 0 Å². The highest BCUT2D eigenvalue weighted by atomic mass is 35.5. The van der Waals surface area contributed by atoms with Gasteiger partial charge in [0.2, 0.25) is 10.0 Å². The molecular weight excluding hydrogens is 320 g/mol. The molecule has 0 unspecified atom stereocenters. The van der Waals surface area contributed by atoms with E-state index in [0.29, 0.717) is 0 Å². The van der Waals surface area contributed by atoms with Crippen molar-refractivity contribution in [2.45, 2.75) is 49.4 Å². The second-order valence-electron chi connectivity index (χ2n) is 5.12. The number of hydrogen-bond donors (Lipinski definition) is 0. The topological polar surface area (TPSA) is 37.4 Å². The molecule has 0 saturated heterocycles. The van der Waals surface area contributed by atoms with Gasteiger partial charge in [-0.15, -0.1) is 11.6 Å². The Morgan fingerprint density at radius 3 is 2.43 bits per heavy atom. The molecule has 3 nitrogen and oxygen atoms in total. The van der Waals surface area contributed by atoms with Gasteiger partial charge in [0.05, 0.1) is 5.88 Å². The van der Waals surface area contributed by atoms with Gasteiger partial charge in [-0.2, -0.15) is 4.31 Å². The number of nitrogens with zero attached hydrogens (tertiary/aromatic N) is 1. The third-order valence-corrected chi connectivity index (χ3v) is 6.23. The Hall–Kier alpha value is -0.720. The minimum atomic E-state index is -3.98. The Bertz CT molecular complexity index is 616. The van der Waals surface area contributed by atoms with Gasteiger partial charge in [-0.1, -0.05) is 19.8 Å². The van der Waals surface area contributed by atoms with Crippen LogP contribution in [-0.4, -0.2) is 25.3 Å². The first-order valence-electron chi connectivity index (χ1n) is 6.98. The van der Waals surface area contributed by atoms with Gasteiger partial charge in [0.15, 0.2) is 5.82 Å². The molecule has 1 aromatic carbocycles. The van der Waals surface area contributed by atoms with E-state index in [1.54, 1.807) is 6.92 Å². The minimum absolute atomic E-state index is 0.107. The second kappa shape index (κ2) is 6.58. The number of rotatable bonds is 5. The van der Waals surface area contributed by atoms with Crippen molar-refractivity contribution < 1.29 is 17.2 Å². The number of benzene rings is 1. The largest absolute Gasteiger partial charge is 0.246 e. The lowest BCUT2D eigenvalue weighted by Gasteiger charge is -2.27. The molecule has 1 saturated carbocycles. The van der Waals surface area contributed by atoms with Crippen LogP contribution in [0, 0.1) is 11.6 Å². The van der Waals surface area contributed by atoms with E-state index in [2.05, 4.69) is 0 Å². The zero-order valence-electron chi connectivity index (χ0n) is 11.8. The monoisotopic (exact) mass is 337 g/mol. The van der Waals surface area contributed by atoms with Crippen molar-refractivity contribution in [3.63, 3.8) is 0 Å². The van der Waals surface area contributed by atoms with E-state index >= 15 is 0 Å². The van der Waals surface area contributed by atoms with Gasteiger partial charge in [0.1, 0.15) is 10.7 Å². The van der Waals surface area contributed by atoms with E-state index in [9.17, 15) is 17.2 Å². The van der Waals surface area contributed by atoms with Crippen molar-refractivity contribution in [1.29, 1.82) is 0 Å². The summed E-state index contributed by atoms with van der Waals surface area (Å²) in [4.78, 5) is -0.492. The summed E-state index contributed by atoms with van der Waals surface area (Å²) >= 11 is 5.51. The maximum absolute atomic E-state index is 14.3. The number of sulfonamides is 1. The van der Waals surface area contributed by atoms with Gasteiger partial charge < -0.3 is 0 Å². The predicted molar refractivity (Wildman–Crippen MR) is 77.7 cm³/mol. The highest BCUT2D eigenvalue weighted by molar-refractivity contribution is 7.89. The molecule has 0 aromatic heterocycles. The first-order chi connectivity index (χ1) is 9.93. The first kappa shape index (κ1) is 16.6. The molecule has 1 aliphatic carbocycles. The highest BCUT2D eigenvalue weighted by Gasteiger charge is 2.34. The van der Waals surface area contributed by atoms with Crippen LogP contribution in [-0.2, 0) is 15.9 Å². The summed E-state index contributed by atoms with van der Waals surface area (Å²) in [7, 11) is -3.98. The van der Waals surface area contributed by atoms with Gasteiger partial charge in [0, 0.05) is 18.2 Å². The molecule has 0 amide bonds. The minimum Gasteiger partial charge on any atom is -0.207 e. The van der Waals surface area contributed by atoms with Crippen molar-refractivity contribution >= 4 is 21.6 Å². The normalized spacial score (nSPS) is 16.8. The highest BCUT2D eigenvalue weighted by Crippen LogP contribution is 2.31. The molecule has 7 heteroatoms. The van der Waals surface area contributed by atoms with E-state index in [4.69, 9.17) is 11.6 Å². The lowest BCUT2D eigenvalue weighted by Crippen LogP contribution is -2.39. The average molecular weight is 338 g/mol. The third kappa shape index (κ3) is 3.07. The smallest absolute Gasteiger partial charge is 0.207 e. The van der Waals surface area contributed by atoms with Gasteiger partial charge in [-0.25, -0.2) is 17.2 Å². The summed E-state index contributed by atoms with van der Waals surface area (Å²) in [6.07, 6.45) is 3.49. The summed E-state index contributed by atoms with van der Waals surface area (Å²) in [6, 6.07) is 1.83. The fraction of sp³-hybridized carbons (Fsp3) is 0.571. The second-order valence-corrected chi connectivity index (χ2v) is 7.24. The molecule has 0 atom stereocenters. The number of alkyl halides is 1. The summed E-state index contributed by atoms with van der Waals surface area (Å²) in [5, 5.41) is 0. The van der Waals surface area contributed by atoms with Crippen molar-refractivity contribution in [1.82, 2.24) is 4.31 Å². The molecule has 0 bridgehead atoms. The number of halogens is 3. The zero-order chi connectivity index (χ0) is 15.6. The van der Waals surface area contributed by atoms with Crippen LogP contribution in [0.4, 0.5) is 8.78 Å². The first-order valence-corrected chi connectivity index (χ1v) is 8.95. The summed E-state index contributed by atoms with van der Waals surface area (Å²) in [5.41, 5.74) is -0.403. The van der Waals surface area contributed by atoms with Crippen LogP contribution in [0.3, 0.4) is 0 Å². The molecule has 2 rings (SSSR count). The maximum atomic E-state index is 14.3. The molecule has 0 aliphatic heterocycles. The quantitative estimate of drug-likeness (QED) is 0.769. The van der Waals surface area contributed by atoms with Crippen LogP contribution in [0.1, 0.15) is 38.2 Å². The molecule has 0 spiro atoms. The zero-order valence-corrected chi connectivity index (χ0v) is 13.4. The van der Waals surface area contributed by atoms with Crippen molar-refractivity contribution in [2.75, 3.05) is 6.54 Å². The molecule has 1 aliphatic rings. The van der Waals surface area contributed by atoms with Gasteiger partial charge >= 0.3 is 0 Å². The van der Waals surface area contributed by atoms with Crippen molar-refractivity contribution in [3.05, 3.63) is 29.3 Å². The summed E-state index contributed by atoms with van der Waals surface area (Å²) < 4.78 is 54.4. The molecule has 1 fully saturated rings. The van der Waals surface area contributed by atoms with Crippen LogP contribution >= 0.6 is 11.6 Å².